The van der Waals surface area contributed by atoms with Gasteiger partial charge in [-0.2, -0.15) is 13.2 Å². The molecule has 1 atom stereocenters. The zero-order chi connectivity index (χ0) is 23.3. The lowest BCUT2D eigenvalue weighted by molar-refractivity contribution is -0.137. The maximum atomic E-state index is 13.6. The number of benzene rings is 1. The van der Waals surface area contributed by atoms with E-state index < -0.39 is 30.0 Å². The Labute approximate surface area is 180 Å². The molecular weight excluding hydrogens is 426 g/mol. The molecule has 10 heteroatoms. The van der Waals surface area contributed by atoms with Crippen molar-refractivity contribution in [3.8, 4) is 0 Å². The van der Waals surface area contributed by atoms with E-state index in [1.54, 1.807) is 6.92 Å². The summed E-state index contributed by atoms with van der Waals surface area (Å²) in [5, 5.41) is 3.52. The van der Waals surface area contributed by atoms with Gasteiger partial charge < -0.3 is 15.6 Å². The summed E-state index contributed by atoms with van der Waals surface area (Å²) >= 11 is 0. The summed E-state index contributed by atoms with van der Waals surface area (Å²) < 4.78 is 54.7. The summed E-state index contributed by atoms with van der Waals surface area (Å²) in [6, 6.07) is 3.82. The average molecular weight is 447 g/mol. The van der Waals surface area contributed by atoms with Crippen molar-refractivity contribution in [2.75, 3.05) is 17.7 Å². The van der Waals surface area contributed by atoms with Crippen molar-refractivity contribution >= 4 is 22.4 Å². The highest BCUT2D eigenvalue weighted by Crippen LogP contribution is 2.43. The molecule has 1 aromatic carbocycles. The van der Waals surface area contributed by atoms with Crippen LogP contribution in [0.5, 0.6) is 0 Å². The van der Waals surface area contributed by atoms with E-state index in [1.165, 1.54) is 29.0 Å². The molecular formula is C22H21F4N5O. The number of nitrogens with two attached hydrogens (primary N) is 1. The second kappa shape index (κ2) is 7.61. The topological polar surface area (TPSA) is 85.8 Å². The molecule has 0 spiro atoms. The number of nitrogens with one attached hydrogen (secondary N) is 1. The quantitative estimate of drug-likeness (QED) is 0.330. The highest BCUT2D eigenvalue weighted by Gasteiger charge is 2.45. The van der Waals surface area contributed by atoms with Crippen molar-refractivity contribution in [3.63, 3.8) is 0 Å². The number of aryl methyl sites for hydroxylation is 1. The Morgan fingerprint density at radius 3 is 2.59 bits per heavy atom. The molecule has 0 amide bonds. The Balaban J connectivity index is 1.81. The number of alkyl halides is 4. The lowest BCUT2D eigenvalue weighted by Crippen LogP contribution is -2.31. The van der Waals surface area contributed by atoms with Gasteiger partial charge in [-0.1, -0.05) is 6.08 Å². The van der Waals surface area contributed by atoms with Crippen molar-refractivity contribution < 1.29 is 17.6 Å². The fourth-order valence-electron chi connectivity index (χ4n) is 3.73. The van der Waals surface area contributed by atoms with Gasteiger partial charge in [0.05, 0.1) is 28.0 Å². The molecule has 0 radical (unpaired) electrons. The summed E-state index contributed by atoms with van der Waals surface area (Å²) in [6.45, 7) is 4.68. The third-order valence-corrected chi connectivity index (χ3v) is 5.62. The van der Waals surface area contributed by atoms with Crippen LogP contribution in [-0.4, -0.2) is 21.2 Å². The van der Waals surface area contributed by atoms with Gasteiger partial charge in [-0.25, -0.2) is 14.4 Å². The van der Waals surface area contributed by atoms with Gasteiger partial charge in [0, 0.05) is 18.0 Å². The fraction of sp³-hybridized carbons (Fsp3) is 0.318. The molecule has 0 saturated heterocycles. The van der Waals surface area contributed by atoms with E-state index in [0.717, 1.165) is 12.1 Å². The van der Waals surface area contributed by atoms with Gasteiger partial charge in [0.1, 0.15) is 18.3 Å². The molecule has 3 N–H and O–H groups in total. The van der Waals surface area contributed by atoms with Crippen LogP contribution >= 0.6 is 0 Å². The van der Waals surface area contributed by atoms with Gasteiger partial charge in [0.25, 0.3) is 5.56 Å². The molecule has 32 heavy (non-hydrogen) atoms. The van der Waals surface area contributed by atoms with Crippen LogP contribution in [0.25, 0.3) is 10.9 Å². The van der Waals surface area contributed by atoms with E-state index in [4.69, 9.17) is 5.73 Å². The molecule has 0 aliphatic heterocycles. The second-order valence-electron chi connectivity index (χ2n) is 8.00. The molecule has 0 unspecified atom stereocenters. The fourth-order valence-corrected chi connectivity index (χ4v) is 3.73. The Hall–Kier alpha value is -3.43. The van der Waals surface area contributed by atoms with Crippen LogP contribution in [0, 0.1) is 6.92 Å². The normalized spacial score (nSPS) is 16.0. The number of anilines is 2. The van der Waals surface area contributed by atoms with Crippen LogP contribution in [0.4, 0.5) is 29.1 Å². The predicted octanol–water partition coefficient (Wildman–Crippen LogP) is 4.50. The number of aromatic nitrogens is 3. The van der Waals surface area contributed by atoms with Crippen molar-refractivity contribution in [2.45, 2.75) is 37.5 Å². The minimum Gasteiger partial charge on any atom is -0.399 e. The number of pyridine rings is 1. The molecule has 1 fully saturated rings. The van der Waals surface area contributed by atoms with E-state index in [9.17, 15) is 22.4 Å². The third kappa shape index (κ3) is 3.92. The van der Waals surface area contributed by atoms with Gasteiger partial charge >= 0.3 is 6.18 Å². The molecule has 1 aliphatic rings. The smallest absolute Gasteiger partial charge is 0.399 e. The van der Waals surface area contributed by atoms with Crippen LogP contribution in [0.2, 0.25) is 0 Å². The summed E-state index contributed by atoms with van der Waals surface area (Å²) in [4.78, 5) is 21.2. The number of hydrogen-bond donors (Lipinski definition) is 2. The first-order chi connectivity index (χ1) is 15.1. The van der Waals surface area contributed by atoms with E-state index in [1.807, 2.05) is 0 Å². The van der Waals surface area contributed by atoms with E-state index in [-0.39, 0.29) is 22.6 Å². The minimum absolute atomic E-state index is 0.0420. The van der Waals surface area contributed by atoms with Crippen LogP contribution in [-0.2, 0) is 11.7 Å². The molecule has 2 heterocycles. The van der Waals surface area contributed by atoms with Crippen molar-refractivity contribution in [3.05, 3.63) is 70.4 Å². The van der Waals surface area contributed by atoms with Gasteiger partial charge in [-0.15, -0.1) is 6.58 Å². The maximum absolute atomic E-state index is 13.6. The zero-order valence-corrected chi connectivity index (χ0v) is 17.2. The van der Waals surface area contributed by atoms with Crippen molar-refractivity contribution in [1.82, 2.24) is 14.5 Å². The Morgan fingerprint density at radius 2 is 2.00 bits per heavy atom. The minimum atomic E-state index is -4.56. The lowest BCUT2D eigenvalue weighted by Gasteiger charge is -2.21. The summed E-state index contributed by atoms with van der Waals surface area (Å²) in [7, 11) is 0. The zero-order valence-electron chi connectivity index (χ0n) is 17.2. The second-order valence-corrected chi connectivity index (χ2v) is 8.00. The highest BCUT2D eigenvalue weighted by atomic mass is 19.4. The van der Waals surface area contributed by atoms with E-state index >= 15 is 0 Å². The Kier molecular flexibility index (Phi) is 5.18. The highest BCUT2D eigenvalue weighted by molar-refractivity contribution is 5.88. The number of rotatable bonds is 6. The molecule has 2 aromatic heterocycles. The molecule has 0 bridgehead atoms. The Morgan fingerprint density at radius 1 is 1.28 bits per heavy atom. The Bertz CT molecular complexity index is 1260. The molecule has 4 rings (SSSR count). The number of hydrogen-bond acceptors (Lipinski definition) is 5. The van der Waals surface area contributed by atoms with Gasteiger partial charge in [0.2, 0.25) is 0 Å². The first-order valence-electron chi connectivity index (χ1n) is 9.90. The summed E-state index contributed by atoms with van der Waals surface area (Å²) in [6.07, 6.45) is -0.535. The van der Waals surface area contributed by atoms with Crippen LogP contribution < -0.4 is 16.6 Å². The number of halogens is 4. The van der Waals surface area contributed by atoms with Gasteiger partial charge in [-0.05, 0) is 43.5 Å². The van der Waals surface area contributed by atoms with Gasteiger partial charge in [0.15, 0.2) is 0 Å². The number of nitrogen functional groups attached to an aromatic ring is 1. The lowest BCUT2D eigenvalue weighted by atomic mass is 10.0. The summed E-state index contributed by atoms with van der Waals surface area (Å²) in [5.74, 6) is 0.645. The maximum Gasteiger partial charge on any atom is 0.416 e. The third-order valence-electron chi connectivity index (χ3n) is 5.62. The van der Waals surface area contributed by atoms with E-state index in [2.05, 4.69) is 21.9 Å². The first kappa shape index (κ1) is 21.8. The standard InChI is InChI=1S/C22H21F4N5O/c1-3-17(13-6-14(22(24,25)26)8-15(27)7-13)30-20-16-10-31(21(11-23)4-5-21)19(32)9-18(16)28-12(2)29-20/h3,6-10,17H,1,4-5,11,27H2,2H3,(H,28,29,30)/t17-/m1/s1. The van der Waals surface area contributed by atoms with Crippen LogP contribution in [0.15, 0.2) is 47.9 Å². The molecule has 3 aromatic rings. The summed E-state index contributed by atoms with van der Waals surface area (Å²) in [5.41, 5.74) is 4.14. The molecule has 1 saturated carbocycles. The number of fused-ring (bicyclic) bond motifs is 1. The number of nitrogens with zero attached hydrogens (tertiary/aromatic N) is 3. The van der Waals surface area contributed by atoms with Crippen molar-refractivity contribution in [2.24, 2.45) is 0 Å². The van der Waals surface area contributed by atoms with Gasteiger partial charge in [-0.3, -0.25) is 4.79 Å². The largest absolute Gasteiger partial charge is 0.416 e. The first-order valence-corrected chi connectivity index (χ1v) is 9.90. The molecule has 6 nitrogen and oxygen atoms in total. The van der Waals surface area contributed by atoms with Crippen molar-refractivity contribution in [1.29, 1.82) is 0 Å². The monoisotopic (exact) mass is 447 g/mol. The predicted molar refractivity (Wildman–Crippen MR) is 114 cm³/mol. The average Bonchev–Trinajstić information content (AvgIpc) is 3.51. The van der Waals surface area contributed by atoms with Crippen LogP contribution in [0.1, 0.15) is 35.8 Å². The SMILES string of the molecule is C=C[C@@H](Nc1nc(C)nc2cc(=O)n(C3(CF)CC3)cc12)c1cc(N)cc(C(F)(F)F)c1. The molecule has 1 aliphatic carbocycles. The van der Waals surface area contributed by atoms with E-state index in [0.29, 0.717) is 29.6 Å². The molecule has 168 valence electrons. The van der Waals surface area contributed by atoms with Crippen LogP contribution in [0.3, 0.4) is 0 Å².